The van der Waals surface area contributed by atoms with E-state index in [2.05, 4.69) is 10.3 Å². The number of hydrogen-bond donors (Lipinski definition) is 2. The third-order valence-electron chi connectivity index (χ3n) is 4.79. The lowest BCUT2D eigenvalue weighted by atomic mass is 10.0. The minimum Gasteiger partial charge on any atom is -0.610 e. The Hall–Kier alpha value is -1.51. The summed E-state index contributed by atoms with van der Waals surface area (Å²) in [5.74, 6) is -1.44. The highest BCUT2D eigenvalue weighted by Gasteiger charge is 2.54. The van der Waals surface area contributed by atoms with Gasteiger partial charge in [0.05, 0.1) is 14.9 Å². The molecule has 2 aromatic heterocycles. The summed E-state index contributed by atoms with van der Waals surface area (Å²) in [4.78, 5) is 42.7. The van der Waals surface area contributed by atoms with Gasteiger partial charge in [-0.3, -0.25) is 14.5 Å². The van der Waals surface area contributed by atoms with Crippen molar-refractivity contribution in [2.75, 3.05) is 17.3 Å². The number of carbonyl (C=O) groups excluding carboxylic acids is 2. The fraction of sp³-hybridized carbons (Fsp3) is 0.368. The third-order valence-corrected chi connectivity index (χ3v) is 11.3. The number of thioether (sulfide) groups is 2. The van der Waals surface area contributed by atoms with Crippen LogP contribution in [0, 0.1) is 13.8 Å². The van der Waals surface area contributed by atoms with Gasteiger partial charge >= 0.3 is 5.97 Å². The summed E-state index contributed by atoms with van der Waals surface area (Å²) in [5, 5.41) is 14.7. The van der Waals surface area contributed by atoms with Crippen molar-refractivity contribution in [1.82, 2.24) is 15.2 Å². The fourth-order valence-corrected chi connectivity index (χ4v) is 9.00. The van der Waals surface area contributed by atoms with Gasteiger partial charge in [0.1, 0.15) is 17.1 Å². The molecular formula is C19H19N3O5S5. The van der Waals surface area contributed by atoms with Gasteiger partial charge in [-0.25, -0.2) is 9.78 Å². The lowest BCUT2D eigenvalue weighted by molar-refractivity contribution is -0.150. The molecule has 32 heavy (non-hydrogen) atoms. The second-order valence-corrected chi connectivity index (χ2v) is 13.2. The Labute approximate surface area is 204 Å². The first kappa shape index (κ1) is 23.6. The topological polar surface area (TPSA) is 123 Å². The molecule has 0 aliphatic carbocycles. The first-order valence-electron chi connectivity index (χ1n) is 9.44. The zero-order chi connectivity index (χ0) is 23.0. The van der Waals surface area contributed by atoms with Crippen LogP contribution in [0.5, 0.6) is 0 Å². The predicted octanol–water partition coefficient (Wildman–Crippen LogP) is 2.46. The van der Waals surface area contributed by atoms with Gasteiger partial charge in [-0.15, -0.1) is 34.9 Å². The van der Waals surface area contributed by atoms with Crippen molar-refractivity contribution in [2.45, 2.75) is 33.7 Å². The Morgan fingerprint density at radius 3 is 2.84 bits per heavy atom. The summed E-state index contributed by atoms with van der Waals surface area (Å²) in [6.45, 7) is 3.84. The van der Waals surface area contributed by atoms with Crippen molar-refractivity contribution in [3.05, 3.63) is 39.5 Å². The highest BCUT2D eigenvalue weighted by Crippen LogP contribution is 2.42. The molecule has 2 aromatic rings. The van der Waals surface area contributed by atoms with Gasteiger partial charge in [-0.1, -0.05) is 11.3 Å². The number of nitrogens with zero attached hydrogens (tertiary/aromatic N) is 2. The number of thiazole rings is 1. The molecule has 3 atom stereocenters. The van der Waals surface area contributed by atoms with E-state index in [9.17, 15) is 24.0 Å². The number of carboxylic acid groups (broad SMARTS) is 1. The van der Waals surface area contributed by atoms with Crippen LogP contribution in [0.2, 0.25) is 0 Å². The molecule has 4 heterocycles. The first-order chi connectivity index (χ1) is 15.3. The monoisotopic (exact) mass is 529 g/mol. The maximum atomic E-state index is 12.7. The van der Waals surface area contributed by atoms with Crippen LogP contribution < -0.4 is 5.32 Å². The number of carbonyl (C=O) groups is 3. The quantitative estimate of drug-likeness (QED) is 0.304. The molecule has 0 aromatic carbocycles. The molecule has 2 N–H and O–H groups in total. The van der Waals surface area contributed by atoms with E-state index in [-0.39, 0.29) is 11.4 Å². The zero-order valence-corrected chi connectivity index (χ0v) is 21.1. The molecule has 2 aliphatic rings. The van der Waals surface area contributed by atoms with Gasteiger partial charge < -0.3 is 15.0 Å². The van der Waals surface area contributed by atoms with Crippen molar-refractivity contribution in [3.8, 4) is 0 Å². The van der Waals surface area contributed by atoms with Crippen molar-refractivity contribution in [2.24, 2.45) is 0 Å². The lowest BCUT2D eigenvalue weighted by Crippen LogP contribution is -2.70. The normalized spacial score (nSPS) is 21.2. The number of aliphatic carboxylic acids is 1. The highest BCUT2D eigenvalue weighted by atomic mass is 32.2. The Kier molecular flexibility index (Phi) is 7.22. The number of aromatic nitrogens is 1. The fourth-order valence-electron chi connectivity index (χ4n) is 3.39. The van der Waals surface area contributed by atoms with Crippen LogP contribution >= 0.6 is 46.2 Å². The average Bonchev–Trinajstić information content (AvgIpc) is 3.39. The van der Waals surface area contributed by atoms with E-state index in [1.807, 2.05) is 13.8 Å². The van der Waals surface area contributed by atoms with Crippen molar-refractivity contribution in [1.29, 1.82) is 0 Å². The summed E-state index contributed by atoms with van der Waals surface area (Å²) in [5.41, 5.74) is 1.59. The van der Waals surface area contributed by atoms with Gasteiger partial charge in [0.25, 0.3) is 11.8 Å². The maximum Gasteiger partial charge on any atom is 0.352 e. The molecule has 1 fully saturated rings. The molecule has 8 nitrogen and oxygen atoms in total. The van der Waals surface area contributed by atoms with Crippen LogP contribution in [0.25, 0.3) is 0 Å². The van der Waals surface area contributed by atoms with E-state index in [1.165, 1.54) is 39.8 Å². The van der Waals surface area contributed by atoms with E-state index in [4.69, 9.17) is 0 Å². The van der Waals surface area contributed by atoms with Crippen LogP contribution in [0.3, 0.4) is 0 Å². The van der Waals surface area contributed by atoms with E-state index < -0.39 is 40.4 Å². The van der Waals surface area contributed by atoms with Crippen molar-refractivity contribution < 1.29 is 24.0 Å². The third kappa shape index (κ3) is 4.73. The number of hydrogen-bond acceptors (Lipinski definition) is 9. The minimum absolute atomic E-state index is 0.00204. The van der Waals surface area contributed by atoms with Gasteiger partial charge in [-0.2, -0.15) is 0 Å². The van der Waals surface area contributed by atoms with Crippen LogP contribution in [0.15, 0.2) is 37.2 Å². The Bertz CT molecular complexity index is 1080. The Balaban J connectivity index is 1.42. The van der Waals surface area contributed by atoms with E-state index in [0.29, 0.717) is 21.3 Å². The van der Waals surface area contributed by atoms with Crippen molar-refractivity contribution >= 4 is 75.2 Å². The van der Waals surface area contributed by atoms with E-state index in [1.54, 1.807) is 28.8 Å². The second kappa shape index (κ2) is 9.77. The molecule has 4 rings (SSSR count). The minimum atomic E-state index is -1.47. The molecule has 0 radical (unpaired) electrons. The smallest absolute Gasteiger partial charge is 0.352 e. The molecule has 170 valence electrons. The van der Waals surface area contributed by atoms with Gasteiger partial charge in [0, 0.05) is 28.7 Å². The first-order valence-corrected chi connectivity index (χ1v) is 14.5. The predicted molar refractivity (Wildman–Crippen MR) is 128 cm³/mol. The van der Waals surface area contributed by atoms with Crippen molar-refractivity contribution in [3.63, 3.8) is 0 Å². The van der Waals surface area contributed by atoms with Crippen LogP contribution in [-0.4, -0.2) is 66.0 Å². The van der Waals surface area contributed by atoms with Crippen LogP contribution in [0.4, 0.5) is 0 Å². The highest BCUT2D eigenvalue weighted by molar-refractivity contribution is 8.02. The summed E-state index contributed by atoms with van der Waals surface area (Å²) in [6.07, 6.45) is 0. The van der Waals surface area contributed by atoms with E-state index >= 15 is 0 Å². The molecule has 0 spiro atoms. The van der Waals surface area contributed by atoms with Crippen LogP contribution in [-0.2, 0) is 25.6 Å². The zero-order valence-electron chi connectivity index (χ0n) is 17.0. The molecule has 2 unspecified atom stereocenters. The molecule has 13 heteroatoms. The number of nitrogens with one attached hydrogen (secondary N) is 1. The molecule has 0 bridgehead atoms. The maximum absolute atomic E-state index is 12.7. The number of rotatable bonds is 8. The molecular weight excluding hydrogens is 511 g/mol. The second-order valence-electron chi connectivity index (χ2n) is 7.03. The van der Waals surface area contributed by atoms with Crippen LogP contribution in [0.1, 0.15) is 10.7 Å². The number of β-lactam (4-membered cyclic amide) rings is 1. The Morgan fingerprint density at radius 2 is 2.22 bits per heavy atom. The molecule has 1 saturated heterocycles. The number of thiophene rings is 1. The number of fused-ring (bicyclic) bond motifs is 1. The number of aryl methyl sites for hydroxylation is 2. The average molecular weight is 530 g/mol. The Morgan fingerprint density at radius 1 is 1.44 bits per heavy atom. The summed E-state index contributed by atoms with van der Waals surface area (Å²) in [6, 6.07) is 2.64. The summed E-state index contributed by atoms with van der Waals surface area (Å²) in [7, 11) is 0. The van der Waals surface area contributed by atoms with Gasteiger partial charge in [-0.05, 0) is 30.9 Å². The summed E-state index contributed by atoms with van der Waals surface area (Å²) >= 11 is 4.34. The lowest BCUT2D eigenvalue weighted by Gasteiger charge is -2.49. The SMILES string of the molecule is Cc1nc(C)c(SCC2=C(C(=O)O)N3C(=O)C(NC(=O)C[S+]([O-])c4cccs4)[C@@H]3SC2)s1. The number of carboxylic acids is 1. The number of amides is 2. The standard InChI is InChI=1S/C19H19N3O5S5/c1-9-19(31-10(2)20-9)30-7-11-6-29-17-14(16(24)22(17)15(11)18(25)26)21-12(23)8-32(27)13-4-3-5-28-13/h3-5,14,17H,6-8H2,1-2H3,(H,21,23)(H,25,26)/t14?,17-,32?/m0/s1. The van der Waals surface area contributed by atoms with Gasteiger partial charge in [0.15, 0.2) is 5.75 Å². The molecule has 2 amide bonds. The molecule has 0 saturated carbocycles. The summed E-state index contributed by atoms with van der Waals surface area (Å²) < 4.78 is 13.9. The van der Waals surface area contributed by atoms with Gasteiger partial charge in [0.2, 0.25) is 4.21 Å². The molecule has 2 aliphatic heterocycles. The van der Waals surface area contributed by atoms with E-state index in [0.717, 1.165) is 14.9 Å². The largest absolute Gasteiger partial charge is 0.610 e.